The summed E-state index contributed by atoms with van der Waals surface area (Å²) in [6.07, 6.45) is 0. The Morgan fingerprint density at radius 2 is 2.18 bits per heavy atom. The molecule has 0 saturated heterocycles. The molecule has 0 aliphatic heterocycles. The Hall–Kier alpha value is -0.0861. The molecule has 1 aromatic rings. The van der Waals surface area contributed by atoms with Gasteiger partial charge >= 0.3 is 32.7 Å². The smallest absolute Gasteiger partial charge is 0.314 e. The number of nitrogens with one attached hydrogen (secondary N) is 1. The zero-order chi connectivity index (χ0) is 7.72. The summed E-state index contributed by atoms with van der Waals surface area (Å²) in [6, 6.07) is 0. The predicted octanol–water partition coefficient (Wildman–Crippen LogP) is -0.731. The SMILES string of the molecule is CN=c1[nH]n(C)c(=O)[c-]1C.[Y+3]. The van der Waals surface area contributed by atoms with Crippen LogP contribution in [-0.4, -0.2) is 16.8 Å². The molecule has 1 heterocycles. The molecule has 0 radical (unpaired) electrons. The van der Waals surface area contributed by atoms with Gasteiger partial charge in [-0.3, -0.25) is 4.68 Å². The minimum atomic E-state index is -0.0133. The van der Waals surface area contributed by atoms with E-state index < -0.39 is 0 Å². The number of rotatable bonds is 0. The zero-order valence-electron chi connectivity index (χ0n) is 6.88. The van der Waals surface area contributed by atoms with Crippen molar-refractivity contribution in [2.75, 3.05) is 7.05 Å². The van der Waals surface area contributed by atoms with E-state index in [9.17, 15) is 4.79 Å². The fraction of sp³-hybridized carbons (Fsp3) is 0.500. The van der Waals surface area contributed by atoms with Crippen LogP contribution in [-0.2, 0) is 39.8 Å². The van der Waals surface area contributed by atoms with E-state index in [4.69, 9.17) is 0 Å². The second-order valence-electron chi connectivity index (χ2n) is 2.17. The van der Waals surface area contributed by atoms with Gasteiger partial charge in [0.05, 0.1) is 0 Å². The molecule has 0 amide bonds. The van der Waals surface area contributed by atoms with E-state index in [-0.39, 0.29) is 38.3 Å². The average Bonchev–Trinajstić information content (AvgIpc) is 2.17. The van der Waals surface area contributed by atoms with Crippen LogP contribution >= 0.6 is 0 Å². The first kappa shape index (κ1) is 10.9. The molecule has 0 aliphatic carbocycles. The van der Waals surface area contributed by atoms with E-state index in [0.717, 1.165) is 0 Å². The maximum absolute atomic E-state index is 11.0. The number of hydrogen-bond donors (Lipinski definition) is 1. The minimum Gasteiger partial charge on any atom is -0.314 e. The number of aromatic nitrogens is 2. The molecule has 5 heteroatoms. The molecule has 0 bridgehead atoms. The third-order valence-corrected chi connectivity index (χ3v) is 1.48. The van der Waals surface area contributed by atoms with Crippen LogP contribution in [0.3, 0.4) is 0 Å². The summed E-state index contributed by atoms with van der Waals surface area (Å²) in [5.74, 6) is 0. The molecule has 4 nitrogen and oxygen atoms in total. The molecule has 1 rings (SSSR count). The normalized spacial score (nSPS) is 11.4. The summed E-state index contributed by atoms with van der Waals surface area (Å²) in [5.41, 5.74) is 1.32. The van der Waals surface area contributed by atoms with E-state index in [2.05, 4.69) is 10.1 Å². The summed E-state index contributed by atoms with van der Waals surface area (Å²) < 4.78 is 1.41. The van der Waals surface area contributed by atoms with Gasteiger partial charge in [-0.05, 0) is 5.49 Å². The van der Waals surface area contributed by atoms with Crippen molar-refractivity contribution < 1.29 is 32.7 Å². The number of H-pyrrole nitrogens is 1. The molecule has 0 aliphatic rings. The fourth-order valence-corrected chi connectivity index (χ4v) is 0.864. The Bertz CT molecular complexity index is 343. The van der Waals surface area contributed by atoms with Gasteiger partial charge in [-0.1, -0.05) is 0 Å². The van der Waals surface area contributed by atoms with Gasteiger partial charge < -0.3 is 14.9 Å². The van der Waals surface area contributed by atoms with Gasteiger partial charge in [0.2, 0.25) is 0 Å². The Balaban J connectivity index is 0.000001000. The van der Waals surface area contributed by atoms with Crippen LogP contribution < -0.4 is 11.0 Å². The van der Waals surface area contributed by atoms with Crippen LogP contribution in [0.1, 0.15) is 5.56 Å². The third kappa shape index (κ3) is 1.93. The van der Waals surface area contributed by atoms with E-state index >= 15 is 0 Å². The van der Waals surface area contributed by atoms with Crippen molar-refractivity contribution in [3.05, 3.63) is 21.4 Å². The fourth-order valence-electron chi connectivity index (χ4n) is 0.864. The molecular formula is C6H10N3OY+2. The minimum absolute atomic E-state index is 0. The molecule has 0 unspecified atom stereocenters. The van der Waals surface area contributed by atoms with Crippen molar-refractivity contribution in [1.29, 1.82) is 0 Å². The van der Waals surface area contributed by atoms with Crippen LogP contribution in [0.2, 0.25) is 0 Å². The van der Waals surface area contributed by atoms with E-state index in [1.54, 1.807) is 21.0 Å². The third-order valence-electron chi connectivity index (χ3n) is 1.48. The van der Waals surface area contributed by atoms with Gasteiger partial charge in [0.1, 0.15) is 5.56 Å². The molecule has 0 aromatic carbocycles. The standard InChI is InChI=1S/C6H10N3O.Y/c1-4-5(7-2)8-9(3)6(4)10;/h1-3H3,(H,7,8);/q-1;+3. The van der Waals surface area contributed by atoms with Crippen molar-refractivity contribution in [3.63, 3.8) is 0 Å². The van der Waals surface area contributed by atoms with Crippen molar-refractivity contribution in [3.8, 4) is 0 Å². The maximum atomic E-state index is 11.0. The van der Waals surface area contributed by atoms with Crippen LogP contribution in [0.25, 0.3) is 0 Å². The van der Waals surface area contributed by atoms with Gasteiger partial charge in [0, 0.05) is 14.1 Å². The van der Waals surface area contributed by atoms with Gasteiger partial charge in [0.15, 0.2) is 0 Å². The first-order chi connectivity index (χ1) is 4.66. The largest absolute Gasteiger partial charge is 3.00 e. The van der Waals surface area contributed by atoms with Gasteiger partial charge in [-0.2, -0.15) is 6.92 Å². The molecule has 11 heavy (non-hydrogen) atoms. The summed E-state index contributed by atoms with van der Waals surface area (Å²) in [7, 11) is 3.32. The van der Waals surface area contributed by atoms with Gasteiger partial charge in [-0.25, -0.2) is 5.56 Å². The van der Waals surface area contributed by atoms with Crippen LogP contribution in [0.15, 0.2) is 9.79 Å². The van der Waals surface area contributed by atoms with Crippen molar-refractivity contribution in [2.24, 2.45) is 12.0 Å². The van der Waals surface area contributed by atoms with Crippen LogP contribution in [0, 0.1) is 6.92 Å². The summed E-state index contributed by atoms with van der Waals surface area (Å²) >= 11 is 0. The predicted molar refractivity (Wildman–Crippen MR) is 37.9 cm³/mol. The van der Waals surface area contributed by atoms with E-state index in [1.165, 1.54) is 4.68 Å². The summed E-state index contributed by atoms with van der Waals surface area (Å²) in [6.45, 7) is 1.75. The van der Waals surface area contributed by atoms with E-state index in [0.29, 0.717) is 11.1 Å². The first-order valence-electron chi connectivity index (χ1n) is 3.02. The van der Waals surface area contributed by atoms with Crippen molar-refractivity contribution in [1.82, 2.24) is 9.78 Å². The number of aromatic amines is 1. The van der Waals surface area contributed by atoms with Gasteiger partial charge in [0.25, 0.3) is 0 Å². The van der Waals surface area contributed by atoms with Crippen molar-refractivity contribution >= 4 is 0 Å². The summed E-state index contributed by atoms with van der Waals surface area (Å²) in [4.78, 5) is 14.9. The molecule has 0 atom stereocenters. The quantitative estimate of drug-likeness (QED) is 0.586. The molecule has 56 valence electrons. The maximum Gasteiger partial charge on any atom is 3.00 e. The Kier molecular flexibility index (Phi) is 4.04. The zero-order valence-corrected chi connectivity index (χ0v) is 9.72. The molecular weight excluding hydrogens is 219 g/mol. The second-order valence-corrected chi connectivity index (χ2v) is 2.17. The topological polar surface area (TPSA) is 50.1 Å². The Morgan fingerprint density at radius 1 is 1.64 bits per heavy atom. The van der Waals surface area contributed by atoms with Crippen LogP contribution in [0.4, 0.5) is 0 Å². The molecule has 0 saturated carbocycles. The number of hydrogen-bond acceptors (Lipinski definition) is 2. The Morgan fingerprint density at radius 3 is 2.36 bits per heavy atom. The molecule has 1 aromatic heterocycles. The molecule has 0 spiro atoms. The second kappa shape index (κ2) is 4.07. The van der Waals surface area contributed by atoms with Gasteiger partial charge in [-0.15, -0.1) is 0 Å². The van der Waals surface area contributed by atoms with E-state index in [1.807, 2.05) is 0 Å². The molecule has 0 fully saturated rings. The number of nitrogens with zero attached hydrogens (tertiary/aromatic N) is 2. The Labute approximate surface area is 89.6 Å². The van der Waals surface area contributed by atoms with Crippen molar-refractivity contribution in [2.45, 2.75) is 6.92 Å². The molecule has 1 N–H and O–H groups in total. The average molecular weight is 229 g/mol. The number of aryl methyl sites for hydroxylation is 1. The summed E-state index contributed by atoms with van der Waals surface area (Å²) in [5, 5.41) is 2.80. The first-order valence-corrected chi connectivity index (χ1v) is 3.02. The monoisotopic (exact) mass is 229 g/mol. The van der Waals surface area contributed by atoms with Crippen LogP contribution in [0.5, 0.6) is 0 Å².